The van der Waals surface area contributed by atoms with E-state index in [1.165, 1.54) is 5.56 Å². The first-order valence-corrected chi connectivity index (χ1v) is 7.86. The van der Waals surface area contributed by atoms with Gasteiger partial charge in [0, 0.05) is 25.9 Å². The Morgan fingerprint density at radius 2 is 1.67 bits per heavy atom. The minimum absolute atomic E-state index is 0. The lowest BCUT2D eigenvalue weighted by Gasteiger charge is -2.25. The zero-order chi connectivity index (χ0) is 16.5. The summed E-state index contributed by atoms with van der Waals surface area (Å²) in [6.07, 6.45) is 0.851. The molecule has 2 aromatic rings. The summed E-state index contributed by atoms with van der Waals surface area (Å²) in [5.41, 5.74) is 7.75. The molecule has 24 heavy (non-hydrogen) atoms. The lowest BCUT2D eigenvalue weighted by Crippen LogP contribution is -2.37. The average molecular weight is 349 g/mol. The maximum Gasteiger partial charge on any atom is 0.229 e. The summed E-state index contributed by atoms with van der Waals surface area (Å²) in [6, 6.07) is 19.9. The Balaban J connectivity index is 0.00000288. The zero-order valence-corrected chi connectivity index (χ0v) is 14.7. The summed E-state index contributed by atoms with van der Waals surface area (Å²) in [7, 11) is 1.58. The van der Waals surface area contributed by atoms with Crippen LogP contribution in [0.2, 0.25) is 0 Å². The van der Waals surface area contributed by atoms with Gasteiger partial charge in [-0.05, 0) is 24.1 Å². The van der Waals surface area contributed by atoms with Gasteiger partial charge in [0.15, 0.2) is 0 Å². The molecule has 0 saturated heterocycles. The van der Waals surface area contributed by atoms with Gasteiger partial charge in [-0.3, -0.25) is 4.79 Å². The van der Waals surface area contributed by atoms with Crippen LogP contribution in [0.25, 0.3) is 0 Å². The number of carbonyl (C=O) groups is 1. The number of nitrogens with zero attached hydrogens (tertiary/aromatic N) is 1. The molecule has 5 heteroatoms. The molecule has 1 unspecified atom stereocenters. The molecule has 0 fully saturated rings. The Hall–Kier alpha value is -1.88. The molecule has 4 nitrogen and oxygen atoms in total. The van der Waals surface area contributed by atoms with Crippen LogP contribution in [0.4, 0.5) is 5.69 Å². The number of halogens is 1. The van der Waals surface area contributed by atoms with Crippen LogP contribution in [0.15, 0.2) is 60.7 Å². The Morgan fingerprint density at radius 3 is 2.21 bits per heavy atom. The van der Waals surface area contributed by atoms with Gasteiger partial charge in [-0.25, -0.2) is 0 Å². The minimum atomic E-state index is -0.245. The van der Waals surface area contributed by atoms with Crippen LogP contribution in [0.5, 0.6) is 0 Å². The standard InChI is InChI=1S/C19H24N2O2.ClH/c1-23-18(15-20)14-19(22)21(17-10-6-3-7-11-17)13-12-16-8-4-2-5-9-16;/h2-11,18H,12-15,20H2,1H3;1H. The second-order valence-electron chi connectivity index (χ2n) is 5.41. The van der Waals surface area contributed by atoms with Crippen LogP contribution in [0, 0.1) is 0 Å². The van der Waals surface area contributed by atoms with Crippen molar-refractivity contribution >= 4 is 24.0 Å². The highest BCUT2D eigenvalue weighted by Gasteiger charge is 2.19. The average Bonchev–Trinajstić information content (AvgIpc) is 2.61. The largest absolute Gasteiger partial charge is 0.380 e. The van der Waals surface area contributed by atoms with E-state index >= 15 is 0 Å². The molecule has 0 saturated carbocycles. The highest BCUT2D eigenvalue weighted by molar-refractivity contribution is 5.93. The molecular weight excluding hydrogens is 324 g/mol. The third kappa shape index (κ3) is 5.96. The van der Waals surface area contributed by atoms with Crippen molar-refractivity contribution in [3.8, 4) is 0 Å². The summed E-state index contributed by atoms with van der Waals surface area (Å²) >= 11 is 0. The van der Waals surface area contributed by atoms with Crippen molar-refractivity contribution in [3.63, 3.8) is 0 Å². The second kappa shape index (κ2) is 10.8. The van der Waals surface area contributed by atoms with Gasteiger partial charge in [0.05, 0.1) is 12.5 Å². The Morgan fingerprint density at radius 1 is 1.08 bits per heavy atom. The van der Waals surface area contributed by atoms with Gasteiger partial charge in [-0.1, -0.05) is 48.5 Å². The number of hydrogen-bond donors (Lipinski definition) is 1. The van der Waals surface area contributed by atoms with E-state index < -0.39 is 0 Å². The summed E-state index contributed by atoms with van der Waals surface area (Å²) in [4.78, 5) is 14.5. The van der Waals surface area contributed by atoms with Gasteiger partial charge >= 0.3 is 0 Å². The molecule has 1 atom stereocenters. The van der Waals surface area contributed by atoms with E-state index in [2.05, 4.69) is 12.1 Å². The smallest absolute Gasteiger partial charge is 0.229 e. The van der Waals surface area contributed by atoms with Crippen LogP contribution < -0.4 is 10.6 Å². The molecule has 0 bridgehead atoms. The maximum absolute atomic E-state index is 12.7. The van der Waals surface area contributed by atoms with Crippen molar-refractivity contribution in [1.29, 1.82) is 0 Å². The number of benzene rings is 2. The molecule has 0 aromatic heterocycles. The normalized spacial score (nSPS) is 11.4. The number of para-hydroxylation sites is 1. The van der Waals surface area contributed by atoms with Crippen LogP contribution in [-0.2, 0) is 16.0 Å². The first-order chi connectivity index (χ1) is 11.2. The van der Waals surface area contributed by atoms with E-state index in [4.69, 9.17) is 10.5 Å². The lowest BCUT2D eigenvalue weighted by atomic mass is 10.1. The summed E-state index contributed by atoms with van der Waals surface area (Å²) in [5.74, 6) is 0.0319. The fourth-order valence-electron chi connectivity index (χ4n) is 2.46. The second-order valence-corrected chi connectivity index (χ2v) is 5.41. The molecule has 0 aliphatic rings. The number of rotatable bonds is 8. The topological polar surface area (TPSA) is 55.6 Å². The third-order valence-corrected chi connectivity index (χ3v) is 3.83. The van der Waals surface area contributed by atoms with Crippen molar-refractivity contribution in [2.24, 2.45) is 5.73 Å². The zero-order valence-electron chi connectivity index (χ0n) is 13.9. The molecule has 2 rings (SSSR count). The molecule has 0 spiro atoms. The van der Waals surface area contributed by atoms with Gasteiger partial charge in [-0.2, -0.15) is 0 Å². The molecule has 130 valence electrons. The minimum Gasteiger partial charge on any atom is -0.380 e. The van der Waals surface area contributed by atoms with Crippen LogP contribution in [0.1, 0.15) is 12.0 Å². The van der Waals surface area contributed by atoms with Gasteiger partial charge in [-0.15, -0.1) is 12.4 Å². The molecule has 0 aliphatic heterocycles. The lowest BCUT2D eigenvalue weighted by molar-refractivity contribution is -0.120. The molecular formula is C19H25ClN2O2. The van der Waals surface area contributed by atoms with E-state index in [1.54, 1.807) is 7.11 Å². The third-order valence-electron chi connectivity index (χ3n) is 3.83. The summed E-state index contributed by atoms with van der Waals surface area (Å²) < 4.78 is 5.25. The number of amides is 1. The van der Waals surface area contributed by atoms with Crippen LogP contribution >= 0.6 is 12.4 Å². The number of methoxy groups -OCH3 is 1. The highest BCUT2D eigenvalue weighted by Crippen LogP contribution is 2.16. The van der Waals surface area contributed by atoms with Crippen LogP contribution in [0.3, 0.4) is 0 Å². The van der Waals surface area contributed by atoms with Gasteiger partial charge in [0.1, 0.15) is 0 Å². The Labute approximate surface area is 150 Å². The van der Waals surface area contributed by atoms with Crippen LogP contribution in [-0.4, -0.2) is 32.2 Å². The number of nitrogens with two attached hydrogens (primary N) is 1. The monoisotopic (exact) mass is 348 g/mol. The number of carbonyl (C=O) groups excluding carboxylic acids is 1. The van der Waals surface area contributed by atoms with E-state index in [1.807, 2.05) is 53.4 Å². The molecule has 2 aromatic carbocycles. The predicted octanol–water partition coefficient (Wildman–Crippen LogP) is 3.05. The van der Waals surface area contributed by atoms with Crippen molar-refractivity contribution in [2.75, 3.05) is 25.1 Å². The molecule has 0 aliphatic carbocycles. The fourth-order valence-corrected chi connectivity index (χ4v) is 2.46. The maximum atomic E-state index is 12.7. The first-order valence-electron chi connectivity index (χ1n) is 7.86. The molecule has 2 N–H and O–H groups in total. The fraction of sp³-hybridized carbons (Fsp3) is 0.316. The van der Waals surface area contributed by atoms with Gasteiger partial charge in [0.2, 0.25) is 5.91 Å². The number of anilines is 1. The van der Waals surface area contributed by atoms with Gasteiger partial charge in [0.25, 0.3) is 0 Å². The Kier molecular flexibility index (Phi) is 9.08. The van der Waals surface area contributed by atoms with E-state index in [9.17, 15) is 4.79 Å². The van der Waals surface area contributed by atoms with E-state index in [0.717, 1.165) is 12.1 Å². The van der Waals surface area contributed by atoms with Crippen molar-refractivity contribution in [2.45, 2.75) is 18.9 Å². The summed E-state index contributed by atoms with van der Waals surface area (Å²) in [5, 5.41) is 0. The van der Waals surface area contributed by atoms with E-state index in [0.29, 0.717) is 13.1 Å². The summed E-state index contributed by atoms with van der Waals surface area (Å²) in [6.45, 7) is 0.970. The molecule has 0 heterocycles. The molecule has 0 radical (unpaired) electrons. The van der Waals surface area contributed by atoms with Crippen molar-refractivity contribution < 1.29 is 9.53 Å². The molecule has 1 amide bonds. The number of ether oxygens (including phenoxy) is 1. The highest BCUT2D eigenvalue weighted by atomic mass is 35.5. The quantitative estimate of drug-likeness (QED) is 0.797. The Bertz CT molecular complexity index is 589. The van der Waals surface area contributed by atoms with E-state index in [-0.39, 0.29) is 30.8 Å². The van der Waals surface area contributed by atoms with Gasteiger partial charge < -0.3 is 15.4 Å². The number of hydrogen-bond acceptors (Lipinski definition) is 3. The predicted molar refractivity (Wildman–Crippen MR) is 101 cm³/mol. The first kappa shape index (κ1) is 20.2. The van der Waals surface area contributed by atoms with Crippen molar-refractivity contribution in [3.05, 3.63) is 66.2 Å². The van der Waals surface area contributed by atoms with Crippen molar-refractivity contribution in [1.82, 2.24) is 0 Å². The SMILES string of the molecule is COC(CN)CC(=O)N(CCc1ccccc1)c1ccccc1.Cl.